The van der Waals surface area contributed by atoms with Crippen LogP contribution in [0.1, 0.15) is 57.5 Å². The topological polar surface area (TPSA) is 17.8 Å². The van der Waals surface area contributed by atoms with Gasteiger partial charge in [0.2, 0.25) is 0 Å². The van der Waals surface area contributed by atoms with Crippen molar-refractivity contribution in [2.24, 2.45) is 0 Å². The van der Waals surface area contributed by atoms with E-state index < -0.39 is 0 Å². The number of rotatable bonds is 4. The van der Waals surface area contributed by atoms with Gasteiger partial charge in [0.05, 0.1) is 5.69 Å². The van der Waals surface area contributed by atoms with E-state index >= 15 is 0 Å². The molecule has 0 aromatic carbocycles. The first-order valence-corrected chi connectivity index (χ1v) is 6.23. The van der Waals surface area contributed by atoms with Gasteiger partial charge in [0.25, 0.3) is 0 Å². The van der Waals surface area contributed by atoms with E-state index in [0.717, 1.165) is 19.4 Å². The number of hydrogen-bond acceptors (Lipinski definition) is 1. The van der Waals surface area contributed by atoms with E-state index in [9.17, 15) is 0 Å². The predicted octanol–water partition coefficient (Wildman–Crippen LogP) is 3.89. The van der Waals surface area contributed by atoms with Crippen molar-refractivity contribution in [3.05, 3.63) is 17.0 Å². The molecular formula is C13H26N2. The standard InChI is InChI=1S/C11H20N2.C2H6/c1-5-7-11-9(3)10(4)12-13(11)8-6-2;1-2/h5-8H2,1-4H3;1-2H3. The van der Waals surface area contributed by atoms with E-state index in [1.807, 2.05) is 13.8 Å². The fraction of sp³-hybridized carbons (Fsp3) is 0.769. The Morgan fingerprint density at radius 1 is 1.07 bits per heavy atom. The molecule has 0 aliphatic heterocycles. The highest BCUT2D eigenvalue weighted by Gasteiger charge is 2.09. The van der Waals surface area contributed by atoms with Crippen molar-refractivity contribution in [1.82, 2.24) is 9.78 Å². The summed E-state index contributed by atoms with van der Waals surface area (Å²) >= 11 is 0. The Balaban J connectivity index is 0.000000921. The molecule has 0 saturated carbocycles. The van der Waals surface area contributed by atoms with E-state index in [0.29, 0.717) is 0 Å². The molecule has 0 bridgehead atoms. The lowest BCUT2D eigenvalue weighted by Crippen LogP contribution is -2.04. The largest absolute Gasteiger partial charge is 0.269 e. The lowest BCUT2D eigenvalue weighted by molar-refractivity contribution is 0.566. The molecule has 0 N–H and O–H groups in total. The molecule has 0 amide bonds. The maximum atomic E-state index is 4.54. The molecule has 0 atom stereocenters. The van der Waals surface area contributed by atoms with Crippen LogP contribution in [0.5, 0.6) is 0 Å². The molecule has 0 radical (unpaired) electrons. The third-order valence-corrected chi connectivity index (χ3v) is 2.48. The minimum absolute atomic E-state index is 1.06. The first kappa shape index (κ1) is 14.2. The number of aryl methyl sites for hydroxylation is 2. The average molecular weight is 210 g/mol. The molecule has 15 heavy (non-hydrogen) atoms. The first-order chi connectivity index (χ1) is 7.20. The third kappa shape index (κ3) is 3.69. The molecule has 0 spiro atoms. The Labute approximate surface area is 94.7 Å². The van der Waals surface area contributed by atoms with Crippen molar-refractivity contribution in [2.75, 3.05) is 0 Å². The summed E-state index contributed by atoms with van der Waals surface area (Å²) in [5.41, 5.74) is 4.01. The first-order valence-electron chi connectivity index (χ1n) is 6.23. The van der Waals surface area contributed by atoms with Crippen LogP contribution in [0.25, 0.3) is 0 Å². The molecule has 0 saturated heterocycles. The van der Waals surface area contributed by atoms with E-state index in [1.54, 1.807) is 0 Å². The van der Waals surface area contributed by atoms with Crippen LogP contribution < -0.4 is 0 Å². The SMILES string of the molecule is CC.CCCc1c(C)c(C)nn1CCC. The van der Waals surface area contributed by atoms with Gasteiger partial charge in [-0.05, 0) is 32.3 Å². The van der Waals surface area contributed by atoms with Crippen molar-refractivity contribution in [3.8, 4) is 0 Å². The van der Waals surface area contributed by atoms with E-state index in [-0.39, 0.29) is 0 Å². The van der Waals surface area contributed by atoms with E-state index in [1.165, 1.54) is 23.4 Å². The highest BCUT2D eigenvalue weighted by molar-refractivity contribution is 5.23. The number of nitrogens with zero attached hydrogens (tertiary/aromatic N) is 2. The second-order valence-electron chi connectivity index (χ2n) is 3.63. The molecule has 0 aliphatic carbocycles. The minimum atomic E-state index is 1.06. The normalized spacial score (nSPS) is 9.73. The van der Waals surface area contributed by atoms with Crippen molar-refractivity contribution in [3.63, 3.8) is 0 Å². The van der Waals surface area contributed by atoms with Crippen LogP contribution in [-0.4, -0.2) is 9.78 Å². The molecule has 0 fully saturated rings. The maximum absolute atomic E-state index is 4.54. The molecule has 2 heteroatoms. The second kappa shape index (κ2) is 7.49. The van der Waals surface area contributed by atoms with Crippen molar-refractivity contribution >= 4 is 0 Å². The van der Waals surface area contributed by atoms with Crippen molar-refractivity contribution in [2.45, 2.75) is 67.3 Å². The van der Waals surface area contributed by atoms with Gasteiger partial charge in [-0.15, -0.1) is 0 Å². The zero-order valence-corrected chi connectivity index (χ0v) is 11.2. The zero-order valence-electron chi connectivity index (χ0n) is 11.2. The Morgan fingerprint density at radius 2 is 1.67 bits per heavy atom. The highest BCUT2D eigenvalue weighted by Crippen LogP contribution is 2.14. The van der Waals surface area contributed by atoms with Crippen LogP contribution in [0, 0.1) is 13.8 Å². The van der Waals surface area contributed by atoms with Gasteiger partial charge >= 0.3 is 0 Å². The summed E-state index contributed by atoms with van der Waals surface area (Å²) in [7, 11) is 0. The lowest BCUT2D eigenvalue weighted by Gasteiger charge is -2.05. The zero-order chi connectivity index (χ0) is 11.8. The second-order valence-corrected chi connectivity index (χ2v) is 3.63. The monoisotopic (exact) mass is 210 g/mol. The van der Waals surface area contributed by atoms with Crippen LogP contribution >= 0.6 is 0 Å². The Kier molecular flexibility index (Phi) is 7.10. The van der Waals surface area contributed by atoms with Gasteiger partial charge in [0.1, 0.15) is 0 Å². The molecule has 1 rings (SSSR count). The molecule has 88 valence electrons. The van der Waals surface area contributed by atoms with E-state index in [4.69, 9.17) is 0 Å². The third-order valence-electron chi connectivity index (χ3n) is 2.48. The molecule has 1 heterocycles. The summed E-state index contributed by atoms with van der Waals surface area (Å²) in [5.74, 6) is 0. The molecule has 1 aromatic rings. The fourth-order valence-electron chi connectivity index (χ4n) is 1.67. The van der Waals surface area contributed by atoms with Crippen LogP contribution in [0.2, 0.25) is 0 Å². The molecule has 1 aromatic heterocycles. The number of hydrogen-bond donors (Lipinski definition) is 0. The van der Waals surface area contributed by atoms with Crippen LogP contribution in [0.15, 0.2) is 0 Å². The van der Waals surface area contributed by atoms with Crippen molar-refractivity contribution in [1.29, 1.82) is 0 Å². The van der Waals surface area contributed by atoms with Crippen molar-refractivity contribution < 1.29 is 0 Å². The van der Waals surface area contributed by atoms with Gasteiger partial charge in [0, 0.05) is 12.2 Å². The number of aromatic nitrogens is 2. The molecule has 0 unspecified atom stereocenters. The van der Waals surface area contributed by atoms with Gasteiger partial charge in [-0.1, -0.05) is 34.1 Å². The maximum Gasteiger partial charge on any atom is 0.0625 e. The summed E-state index contributed by atoms with van der Waals surface area (Å²) < 4.78 is 2.17. The van der Waals surface area contributed by atoms with Gasteiger partial charge in [-0.2, -0.15) is 5.10 Å². The fourth-order valence-corrected chi connectivity index (χ4v) is 1.67. The Bertz CT molecular complexity index is 274. The highest BCUT2D eigenvalue weighted by atomic mass is 15.3. The Hall–Kier alpha value is -0.790. The summed E-state index contributed by atoms with van der Waals surface area (Å²) in [6.07, 6.45) is 3.53. The van der Waals surface area contributed by atoms with Gasteiger partial charge < -0.3 is 0 Å². The van der Waals surface area contributed by atoms with Gasteiger partial charge in [0.15, 0.2) is 0 Å². The molecule has 0 aliphatic rings. The van der Waals surface area contributed by atoms with Gasteiger partial charge in [-0.25, -0.2) is 0 Å². The van der Waals surface area contributed by atoms with Crippen LogP contribution in [0.3, 0.4) is 0 Å². The van der Waals surface area contributed by atoms with Gasteiger partial charge in [-0.3, -0.25) is 4.68 Å². The van der Waals surface area contributed by atoms with Crippen LogP contribution in [-0.2, 0) is 13.0 Å². The quantitative estimate of drug-likeness (QED) is 0.737. The predicted molar refractivity (Wildman–Crippen MR) is 67.3 cm³/mol. The molecule has 2 nitrogen and oxygen atoms in total. The summed E-state index contributed by atoms with van der Waals surface area (Å²) in [4.78, 5) is 0. The van der Waals surface area contributed by atoms with E-state index in [2.05, 4.69) is 37.5 Å². The Morgan fingerprint density at radius 3 is 2.13 bits per heavy atom. The minimum Gasteiger partial charge on any atom is -0.269 e. The van der Waals surface area contributed by atoms with Crippen LogP contribution in [0.4, 0.5) is 0 Å². The summed E-state index contributed by atoms with van der Waals surface area (Å²) in [6, 6.07) is 0. The lowest BCUT2D eigenvalue weighted by atomic mass is 10.1. The molecular weight excluding hydrogens is 184 g/mol. The smallest absolute Gasteiger partial charge is 0.0625 e. The average Bonchev–Trinajstić information content (AvgIpc) is 2.50. The summed E-state index contributed by atoms with van der Waals surface area (Å²) in [6.45, 7) is 13.8. The summed E-state index contributed by atoms with van der Waals surface area (Å²) in [5, 5.41) is 4.54.